The molecule has 0 aliphatic carbocycles. The number of rotatable bonds is 4. The first-order valence-corrected chi connectivity index (χ1v) is 9.22. The third-order valence-electron chi connectivity index (χ3n) is 4.39. The molecule has 1 aromatic carbocycles. The fourth-order valence-corrected chi connectivity index (χ4v) is 4.36. The van der Waals surface area contributed by atoms with Crippen molar-refractivity contribution in [3.05, 3.63) is 29.8 Å². The molecule has 2 aliphatic heterocycles. The Labute approximate surface area is 124 Å². The summed E-state index contributed by atoms with van der Waals surface area (Å²) in [5.74, 6) is 1.73. The smallest absolute Gasteiger partial charge is 0.0366 e. The minimum Gasteiger partial charge on any atom is -0.372 e. The van der Waals surface area contributed by atoms with E-state index < -0.39 is 10.8 Å². The van der Waals surface area contributed by atoms with Crippen LogP contribution in [0, 0.1) is 0 Å². The Kier molecular flexibility index (Phi) is 4.73. The monoisotopic (exact) mass is 292 g/mol. The lowest BCUT2D eigenvalue weighted by Gasteiger charge is -2.23. The van der Waals surface area contributed by atoms with Crippen LogP contribution in [-0.4, -0.2) is 34.8 Å². The van der Waals surface area contributed by atoms with E-state index in [0.717, 1.165) is 30.9 Å². The third kappa shape index (κ3) is 3.61. The van der Waals surface area contributed by atoms with E-state index in [1.54, 1.807) is 0 Å². The maximum atomic E-state index is 11.3. The van der Waals surface area contributed by atoms with Gasteiger partial charge in [0.1, 0.15) is 0 Å². The number of hydrogen-bond acceptors (Lipinski definition) is 3. The standard InChI is InChI=1S/C16H24N2OS/c19-20-11-7-15(8-12-20)17-13-14-3-5-16(6-4-14)18-9-1-2-10-18/h3-6,15,17H,1-2,7-13H2. The quantitative estimate of drug-likeness (QED) is 0.924. The van der Waals surface area contributed by atoms with Gasteiger partial charge in [-0.1, -0.05) is 12.1 Å². The summed E-state index contributed by atoms with van der Waals surface area (Å²) in [6.07, 6.45) is 4.76. The van der Waals surface area contributed by atoms with E-state index in [9.17, 15) is 4.21 Å². The van der Waals surface area contributed by atoms with Crippen molar-refractivity contribution in [3.63, 3.8) is 0 Å². The second-order valence-electron chi connectivity index (χ2n) is 5.86. The van der Waals surface area contributed by atoms with Crippen LogP contribution in [0.4, 0.5) is 5.69 Å². The zero-order chi connectivity index (χ0) is 13.8. The molecule has 1 aromatic rings. The Balaban J connectivity index is 1.49. The molecule has 0 spiro atoms. The Morgan fingerprint density at radius 2 is 1.75 bits per heavy atom. The van der Waals surface area contributed by atoms with Crippen LogP contribution >= 0.6 is 0 Å². The summed E-state index contributed by atoms with van der Waals surface area (Å²) < 4.78 is 11.3. The van der Waals surface area contributed by atoms with Crippen LogP contribution < -0.4 is 10.2 Å². The van der Waals surface area contributed by atoms with E-state index >= 15 is 0 Å². The molecule has 20 heavy (non-hydrogen) atoms. The molecule has 0 unspecified atom stereocenters. The Morgan fingerprint density at radius 1 is 1.10 bits per heavy atom. The molecule has 110 valence electrons. The Bertz CT molecular complexity index is 444. The largest absolute Gasteiger partial charge is 0.372 e. The normalized spacial score (nSPS) is 26.9. The van der Waals surface area contributed by atoms with Gasteiger partial charge >= 0.3 is 0 Å². The summed E-state index contributed by atoms with van der Waals surface area (Å²) >= 11 is 0. The Morgan fingerprint density at radius 3 is 2.40 bits per heavy atom. The van der Waals surface area contributed by atoms with Crippen molar-refractivity contribution in [2.75, 3.05) is 29.5 Å². The van der Waals surface area contributed by atoms with Gasteiger partial charge in [-0.05, 0) is 43.4 Å². The van der Waals surface area contributed by atoms with Gasteiger partial charge in [0.15, 0.2) is 0 Å². The topological polar surface area (TPSA) is 32.3 Å². The molecular weight excluding hydrogens is 268 g/mol. The molecule has 1 N–H and O–H groups in total. The predicted molar refractivity (Wildman–Crippen MR) is 85.6 cm³/mol. The van der Waals surface area contributed by atoms with Gasteiger partial charge in [-0.25, -0.2) is 0 Å². The highest BCUT2D eigenvalue weighted by atomic mass is 32.2. The second kappa shape index (κ2) is 6.72. The number of nitrogens with one attached hydrogen (secondary N) is 1. The molecule has 0 bridgehead atoms. The number of anilines is 1. The molecule has 3 rings (SSSR count). The van der Waals surface area contributed by atoms with Gasteiger partial charge in [-0.15, -0.1) is 0 Å². The zero-order valence-electron chi connectivity index (χ0n) is 12.0. The van der Waals surface area contributed by atoms with Crippen molar-refractivity contribution in [2.24, 2.45) is 0 Å². The van der Waals surface area contributed by atoms with Gasteiger partial charge in [0.25, 0.3) is 0 Å². The number of nitrogens with zero attached hydrogens (tertiary/aromatic N) is 1. The zero-order valence-corrected chi connectivity index (χ0v) is 12.8. The summed E-state index contributed by atoms with van der Waals surface area (Å²) in [7, 11) is -0.559. The van der Waals surface area contributed by atoms with Crippen LogP contribution in [0.2, 0.25) is 0 Å². The SMILES string of the molecule is O=S1CCC(NCc2ccc(N3CCCC3)cc2)CC1. The van der Waals surface area contributed by atoms with Crippen LogP contribution in [0.1, 0.15) is 31.2 Å². The maximum Gasteiger partial charge on any atom is 0.0366 e. The number of hydrogen-bond donors (Lipinski definition) is 1. The van der Waals surface area contributed by atoms with Gasteiger partial charge in [0.05, 0.1) is 0 Å². The lowest BCUT2D eigenvalue weighted by atomic mass is 10.1. The number of benzene rings is 1. The van der Waals surface area contributed by atoms with E-state index in [1.165, 1.54) is 37.2 Å². The lowest BCUT2D eigenvalue weighted by molar-refractivity contribution is 0.475. The van der Waals surface area contributed by atoms with Crippen LogP contribution in [0.25, 0.3) is 0 Å². The lowest BCUT2D eigenvalue weighted by Crippen LogP contribution is -2.35. The maximum absolute atomic E-state index is 11.3. The molecular formula is C16H24N2OS. The first-order valence-electron chi connectivity index (χ1n) is 7.73. The van der Waals surface area contributed by atoms with Gasteiger partial charge in [0, 0.05) is 53.7 Å². The highest BCUT2D eigenvalue weighted by molar-refractivity contribution is 7.85. The van der Waals surface area contributed by atoms with E-state index in [2.05, 4.69) is 34.5 Å². The van der Waals surface area contributed by atoms with Gasteiger partial charge < -0.3 is 10.2 Å². The van der Waals surface area contributed by atoms with E-state index in [0.29, 0.717) is 6.04 Å². The highest BCUT2D eigenvalue weighted by Crippen LogP contribution is 2.20. The molecule has 0 saturated carbocycles. The van der Waals surface area contributed by atoms with E-state index in [1.807, 2.05) is 0 Å². The van der Waals surface area contributed by atoms with Crippen LogP contribution in [0.5, 0.6) is 0 Å². The summed E-state index contributed by atoms with van der Waals surface area (Å²) in [6.45, 7) is 3.34. The second-order valence-corrected chi connectivity index (χ2v) is 7.56. The molecule has 3 nitrogen and oxygen atoms in total. The van der Waals surface area contributed by atoms with Crippen LogP contribution in [0.3, 0.4) is 0 Å². The highest BCUT2D eigenvalue weighted by Gasteiger charge is 2.17. The van der Waals surface area contributed by atoms with Gasteiger partial charge in [-0.2, -0.15) is 0 Å². The van der Waals surface area contributed by atoms with Crippen molar-refractivity contribution in [1.29, 1.82) is 0 Å². The van der Waals surface area contributed by atoms with Crippen molar-refractivity contribution in [1.82, 2.24) is 5.32 Å². The molecule has 2 aliphatic rings. The van der Waals surface area contributed by atoms with Crippen molar-refractivity contribution in [3.8, 4) is 0 Å². The molecule has 0 atom stereocenters. The first-order chi connectivity index (χ1) is 9.81. The average molecular weight is 292 g/mol. The van der Waals surface area contributed by atoms with Gasteiger partial charge in [0.2, 0.25) is 0 Å². The van der Waals surface area contributed by atoms with Crippen molar-refractivity contribution < 1.29 is 4.21 Å². The minimum atomic E-state index is -0.559. The summed E-state index contributed by atoms with van der Waals surface area (Å²) in [4.78, 5) is 2.47. The minimum absolute atomic E-state index is 0.547. The fraction of sp³-hybridized carbons (Fsp3) is 0.625. The molecule has 2 saturated heterocycles. The molecule has 0 aromatic heterocycles. The molecule has 4 heteroatoms. The van der Waals surface area contributed by atoms with Gasteiger partial charge in [-0.3, -0.25) is 4.21 Å². The first kappa shape index (κ1) is 14.1. The summed E-state index contributed by atoms with van der Waals surface area (Å²) in [5.41, 5.74) is 2.71. The van der Waals surface area contributed by atoms with Crippen LogP contribution in [-0.2, 0) is 17.3 Å². The molecule has 2 heterocycles. The third-order valence-corrected chi connectivity index (χ3v) is 5.77. The molecule has 0 amide bonds. The van der Waals surface area contributed by atoms with E-state index in [-0.39, 0.29) is 0 Å². The van der Waals surface area contributed by atoms with Crippen molar-refractivity contribution >= 4 is 16.5 Å². The average Bonchev–Trinajstić information content (AvgIpc) is 3.01. The fourth-order valence-electron chi connectivity index (χ4n) is 3.06. The Hall–Kier alpha value is -0.870. The molecule has 0 radical (unpaired) electrons. The summed E-state index contributed by atoms with van der Waals surface area (Å²) in [6, 6.07) is 9.52. The van der Waals surface area contributed by atoms with Crippen molar-refractivity contribution in [2.45, 2.75) is 38.3 Å². The van der Waals surface area contributed by atoms with E-state index in [4.69, 9.17) is 0 Å². The van der Waals surface area contributed by atoms with Crippen LogP contribution in [0.15, 0.2) is 24.3 Å². The summed E-state index contributed by atoms with van der Waals surface area (Å²) in [5, 5.41) is 3.60. The predicted octanol–water partition coefficient (Wildman–Crippen LogP) is 2.29. The molecule has 2 fully saturated rings.